The number of carbonyl (C=O) groups excluding carboxylic acids is 1. The second-order valence-corrected chi connectivity index (χ2v) is 6.96. The summed E-state index contributed by atoms with van der Waals surface area (Å²) in [5.74, 6) is -0.286. The van der Waals surface area contributed by atoms with Gasteiger partial charge < -0.3 is 15.0 Å². The zero-order valence-corrected chi connectivity index (χ0v) is 16.4. The molecule has 1 aliphatic heterocycles. The van der Waals surface area contributed by atoms with E-state index in [-0.39, 0.29) is 11.8 Å². The number of hydrogen-bond acceptors (Lipinski definition) is 3. The molecule has 1 aliphatic rings. The molecule has 0 bridgehead atoms. The second-order valence-electron chi connectivity index (χ2n) is 6.96. The second kappa shape index (κ2) is 10.2. The molecule has 0 spiro atoms. The Hall–Kier alpha value is -2.44. The van der Waals surface area contributed by atoms with E-state index in [2.05, 4.69) is 22.3 Å². The molecule has 0 unspecified atom stereocenters. The average molecular weight is 385 g/mol. The Balaban J connectivity index is 1.58. The van der Waals surface area contributed by atoms with Crippen LogP contribution in [0, 0.1) is 5.82 Å². The van der Waals surface area contributed by atoms with Crippen LogP contribution in [0.1, 0.15) is 23.6 Å². The van der Waals surface area contributed by atoms with Crippen LogP contribution in [0.15, 0.2) is 48.5 Å². The molecule has 0 radical (unpaired) electrons. The zero-order chi connectivity index (χ0) is 19.8. The zero-order valence-electron chi connectivity index (χ0n) is 16.4. The maximum Gasteiger partial charge on any atom is 0.317 e. The van der Waals surface area contributed by atoms with Crippen molar-refractivity contribution in [3.05, 3.63) is 71.0 Å². The molecule has 0 atom stereocenters. The topological polar surface area (TPSA) is 44.8 Å². The number of rotatable bonds is 7. The first-order valence-corrected chi connectivity index (χ1v) is 9.80. The lowest BCUT2D eigenvalue weighted by Crippen LogP contribution is -2.39. The standard InChI is InChI=1S/C22H28FN3O2/c1-2-26(16-18-6-5-9-21(23)14-18)22(27)24-15-19-7-3-4-8-20(19)17-25-10-12-28-13-11-25/h3-9,14H,2,10-13,15-17H2,1H3,(H,24,27). The Bertz CT molecular complexity index is 778. The molecular formula is C22H28FN3O2. The third-order valence-electron chi connectivity index (χ3n) is 4.98. The number of halogens is 1. The molecule has 1 heterocycles. The van der Waals surface area contributed by atoms with E-state index in [0.717, 1.165) is 44.0 Å². The van der Waals surface area contributed by atoms with Crippen molar-refractivity contribution in [2.24, 2.45) is 0 Å². The van der Waals surface area contributed by atoms with Crippen molar-refractivity contribution in [3.63, 3.8) is 0 Å². The molecule has 0 saturated carbocycles. The van der Waals surface area contributed by atoms with Crippen molar-refractivity contribution >= 4 is 6.03 Å². The molecule has 2 aromatic rings. The van der Waals surface area contributed by atoms with Crippen molar-refractivity contribution < 1.29 is 13.9 Å². The smallest absolute Gasteiger partial charge is 0.317 e. The number of benzene rings is 2. The van der Waals surface area contributed by atoms with Gasteiger partial charge in [0.25, 0.3) is 0 Å². The lowest BCUT2D eigenvalue weighted by molar-refractivity contribution is 0.0340. The number of ether oxygens (including phenoxy) is 1. The summed E-state index contributed by atoms with van der Waals surface area (Å²) in [5.41, 5.74) is 3.12. The van der Waals surface area contributed by atoms with Crippen molar-refractivity contribution in [3.8, 4) is 0 Å². The highest BCUT2D eigenvalue weighted by Gasteiger charge is 2.15. The van der Waals surface area contributed by atoms with Crippen LogP contribution in [-0.2, 0) is 24.4 Å². The number of carbonyl (C=O) groups is 1. The summed E-state index contributed by atoms with van der Waals surface area (Å²) in [4.78, 5) is 16.7. The largest absolute Gasteiger partial charge is 0.379 e. The fourth-order valence-electron chi connectivity index (χ4n) is 3.35. The first kappa shape index (κ1) is 20.3. The number of nitrogens with one attached hydrogen (secondary N) is 1. The first-order valence-electron chi connectivity index (χ1n) is 9.80. The third-order valence-corrected chi connectivity index (χ3v) is 4.98. The van der Waals surface area contributed by atoms with Crippen LogP contribution >= 0.6 is 0 Å². The first-order chi connectivity index (χ1) is 13.7. The van der Waals surface area contributed by atoms with Gasteiger partial charge in [-0.1, -0.05) is 36.4 Å². The molecule has 150 valence electrons. The lowest BCUT2D eigenvalue weighted by Gasteiger charge is -2.27. The minimum absolute atomic E-state index is 0.145. The van der Waals surface area contributed by atoms with Gasteiger partial charge in [-0.3, -0.25) is 4.90 Å². The third kappa shape index (κ3) is 5.78. The Morgan fingerprint density at radius 3 is 2.61 bits per heavy atom. The molecule has 2 amide bonds. The number of amides is 2. The molecule has 3 rings (SSSR count). The van der Waals surface area contributed by atoms with Crippen molar-refractivity contribution in [2.75, 3.05) is 32.8 Å². The molecular weight excluding hydrogens is 357 g/mol. The Morgan fingerprint density at radius 2 is 1.89 bits per heavy atom. The molecule has 5 nitrogen and oxygen atoms in total. The monoisotopic (exact) mass is 385 g/mol. The summed E-state index contributed by atoms with van der Waals surface area (Å²) < 4.78 is 18.8. The Kier molecular flexibility index (Phi) is 7.39. The summed E-state index contributed by atoms with van der Waals surface area (Å²) in [5, 5.41) is 3.01. The van der Waals surface area contributed by atoms with Crippen LogP contribution in [-0.4, -0.2) is 48.7 Å². The van der Waals surface area contributed by atoms with E-state index in [4.69, 9.17) is 4.74 Å². The predicted octanol–water partition coefficient (Wildman–Crippen LogP) is 3.39. The minimum atomic E-state index is -0.286. The molecule has 0 aliphatic carbocycles. The lowest BCUT2D eigenvalue weighted by atomic mass is 10.1. The minimum Gasteiger partial charge on any atom is -0.379 e. The van der Waals surface area contributed by atoms with Gasteiger partial charge in [-0.15, -0.1) is 0 Å². The van der Waals surface area contributed by atoms with Crippen molar-refractivity contribution in [1.29, 1.82) is 0 Å². The van der Waals surface area contributed by atoms with E-state index in [1.165, 1.54) is 17.7 Å². The SMILES string of the molecule is CCN(Cc1cccc(F)c1)C(=O)NCc1ccccc1CN1CCOCC1. The molecule has 2 aromatic carbocycles. The van der Waals surface area contributed by atoms with E-state index < -0.39 is 0 Å². The Morgan fingerprint density at radius 1 is 1.14 bits per heavy atom. The van der Waals surface area contributed by atoms with Gasteiger partial charge in [-0.2, -0.15) is 0 Å². The van der Waals surface area contributed by atoms with Gasteiger partial charge >= 0.3 is 6.03 Å². The van der Waals surface area contributed by atoms with Crippen LogP contribution in [0.25, 0.3) is 0 Å². The van der Waals surface area contributed by atoms with Gasteiger partial charge in [0.2, 0.25) is 0 Å². The fraction of sp³-hybridized carbons (Fsp3) is 0.409. The molecule has 1 saturated heterocycles. The highest BCUT2D eigenvalue weighted by Crippen LogP contribution is 2.13. The van der Waals surface area contributed by atoms with Gasteiger partial charge in [0.1, 0.15) is 5.82 Å². The van der Waals surface area contributed by atoms with Gasteiger partial charge in [-0.05, 0) is 35.7 Å². The van der Waals surface area contributed by atoms with Crippen molar-refractivity contribution in [1.82, 2.24) is 15.1 Å². The molecule has 6 heteroatoms. The number of hydrogen-bond donors (Lipinski definition) is 1. The predicted molar refractivity (Wildman–Crippen MR) is 107 cm³/mol. The highest BCUT2D eigenvalue weighted by atomic mass is 19.1. The van der Waals surface area contributed by atoms with Crippen LogP contribution < -0.4 is 5.32 Å². The number of urea groups is 1. The summed E-state index contributed by atoms with van der Waals surface area (Å²) >= 11 is 0. The molecule has 0 aromatic heterocycles. The van der Waals surface area contributed by atoms with Gasteiger partial charge in [-0.25, -0.2) is 9.18 Å². The Labute approximate surface area is 166 Å². The summed E-state index contributed by atoms with van der Waals surface area (Å²) in [6, 6.07) is 14.4. The van der Waals surface area contributed by atoms with Crippen LogP contribution in [0.4, 0.5) is 9.18 Å². The number of morpholine rings is 1. The van der Waals surface area contributed by atoms with Gasteiger partial charge in [0.05, 0.1) is 13.2 Å². The molecule has 1 N–H and O–H groups in total. The van der Waals surface area contributed by atoms with Gasteiger partial charge in [0, 0.05) is 39.3 Å². The van der Waals surface area contributed by atoms with E-state index in [9.17, 15) is 9.18 Å². The van der Waals surface area contributed by atoms with Crippen LogP contribution in [0.3, 0.4) is 0 Å². The quantitative estimate of drug-likeness (QED) is 0.795. The van der Waals surface area contributed by atoms with Crippen molar-refractivity contribution in [2.45, 2.75) is 26.6 Å². The number of nitrogens with zero attached hydrogens (tertiary/aromatic N) is 2. The van der Waals surface area contributed by atoms with Crippen LogP contribution in [0.2, 0.25) is 0 Å². The van der Waals surface area contributed by atoms with Crippen LogP contribution in [0.5, 0.6) is 0 Å². The summed E-state index contributed by atoms with van der Waals surface area (Å²) in [6.45, 7) is 7.58. The van der Waals surface area contributed by atoms with E-state index in [0.29, 0.717) is 19.6 Å². The van der Waals surface area contributed by atoms with E-state index in [1.54, 1.807) is 11.0 Å². The van der Waals surface area contributed by atoms with Gasteiger partial charge in [0.15, 0.2) is 0 Å². The summed E-state index contributed by atoms with van der Waals surface area (Å²) in [7, 11) is 0. The highest BCUT2D eigenvalue weighted by molar-refractivity contribution is 5.74. The maximum atomic E-state index is 13.4. The fourth-order valence-corrected chi connectivity index (χ4v) is 3.35. The van der Waals surface area contributed by atoms with E-state index >= 15 is 0 Å². The van der Waals surface area contributed by atoms with E-state index in [1.807, 2.05) is 25.1 Å². The maximum absolute atomic E-state index is 13.4. The average Bonchev–Trinajstić information content (AvgIpc) is 2.72. The normalized spacial score (nSPS) is 14.6. The molecule has 1 fully saturated rings. The molecule has 28 heavy (non-hydrogen) atoms. The summed E-state index contributed by atoms with van der Waals surface area (Å²) in [6.07, 6.45) is 0.